The second-order valence-electron chi connectivity index (χ2n) is 6.91. The van der Waals surface area contributed by atoms with E-state index in [0.717, 1.165) is 42.9 Å². The van der Waals surface area contributed by atoms with Gasteiger partial charge >= 0.3 is 0 Å². The molecule has 1 aliphatic heterocycles. The smallest absolute Gasteiger partial charge is 0.198 e. The van der Waals surface area contributed by atoms with Crippen LogP contribution in [0.3, 0.4) is 0 Å². The third-order valence-corrected chi connectivity index (χ3v) is 7.06. The number of sulfone groups is 1. The summed E-state index contributed by atoms with van der Waals surface area (Å²) in [5.41, 5.74) is 1.72. The molecule has 0 N–H and O–H groups in total. The first-order valence-corrected chi connectivity index (χ1v) is 11.1. The number of rotatable bonds is 5. The summed E-state index contributed by atoms with van der Waals surface area (Å²) >= 11 is 5.83. The van der Waals surface area contributed by atoms with Crippen molar-refractivity contribution in [2.45, 2.75) is 23.7 Å². The zero-order valence-electron chi connectivity index (χ0n) is 14.8. The Balaban J connectivity index is 1.33. The molecule has 0 saturated carbocycles. The van der Waals surface area contributed by atoms with Crippen molar-refractivity contribution in [3.8, 4) is 0 Å². The Bertz CT molecular complexity index is 990. The van der Waals surface area contributed by atoms with Crippen molar-refractivity contribution in [3.63, 3.8) is 0 Å². The Morgan fingerprint density at radius 1 is 1.07 bits per heavy atom. The van der Waals surface area contributed by atoms with Gasteiger partial charge in [-0.2, -0.15) is 0 Å². The Morgan fingerprint density at radius 2 is 1.78 bits per heavy atom. The Labute approximate surface area is 163 Å². The lowest BCUT2D eigenvalue weighted by Crippen LogP contribution is -2.36. The van der Waals surface area contributed by atoms with Crippen molar-refractivity contribution in [1.82, 2.24) is 9.88 Å². The normalized spacial score (nSPS) is 16.8. The topological polar surface area (TPSA) is 63.4 Å². The molecule has 0 bridgehead atoms. The quantitative estimate of drug-likeness (QED) is 0.639. The Morgan fingerprint density at radius 3 is 2.48 bits per heavy atom. The number of piperidine rings is 1. The molecule has 3 aromatic rings. The van der Waals surface area contributed by atoms with E-state index >= 15 is 0 Å². The number of aromatic nitrogens is 1. The molecule has 27 heavy (non-hydrogen) atoms. The molecule has 0 atom stereocenters. The highest BCUT2D eigenvalue weighted by Crippen LogP contribution is 2.30. The van der Waals surface area contributed by atoms with Crippen molar-refractivity contribution in [2.75, 3.05) is 25.4 Å². The van der Waals surface area contributed by atoms with Crippen molar-refractivity contribution in [3.05, 3.63) is 59.4 Å². The van der Waals surface area contributed by atoms with E-state index in [1.54, 1.807) is 24.3 Å². The number of hydrogen-bond acceptors (Lipinski definition) is 5. The molecule has 1 aliphatic rings. The van der Waals surface area contributed by atoms with Crippen LogP contribution in [0, 0.1) is 0 Å². The minimum absolute atomic E-state index is 0.113. The van der Waals surface area contributed by atoms with E-state index in [1.807, 2.05) is 24.3 Å². The van der Waals surface area contributed by atoms with Gasteiger partial charge in [-0.1, -0.05) is 23.7 Å². The first-order chi connectivity index (χ1) is 13.0. The Hall–Kier alpha value is -1.89. The number of halogens is 1. The zero-order chi connectivity index (χ0) is 18.9. The monoisotopic (exact) mass is 404 g/mol. The van der Waals surface area contributed by atoms with Gasteiger partial charge in [0.1, 0.15) is 5.52 Å². The van der Waals surface area contributed by atoms with Crippen molar-refractivity contribution >= 4 is 32.5 Å². The largest absolute Gasteiger partial charge is 0.440 e. The summed E-state index contributed by atoms with van der Waals surface area (Å²) in [7, 11) is -3.29. The van der Waals surface area contributed by atoms with Gasteiger partial charge < -0.3 is 9.32 Å². The molecule has 1 saturated heterocycles. The fourth-order valence-electron chi connectivity index (χ4n) is 3.48. The van der Waals surface area contributed by atoms with Crippen molar-refractivity contribution in [2.24, 2.45) is 0 Å². The van der Waals surface area contributed by atoms with Gasteiger partial charge in [-0.05, 0) is 62.3 Å². The molecule has 4 rings (SSSR count). The SMILES string of the molecule is O=S(=O)(CCN1CCC(c2nc3ccccc3o2)CC1)c1ccc(Cl)cc1. The molecule has 0 unspecified atom stereocenters. The minimum atomic E-state index is -3.29. The highest BCUT2D eigenvalue weighted by molar-refractivity contribution is 7.91. The number of nitrogens with zero attached hydrogens (tertiary/aromatic N) is 2. The summed E-state index contributed by atoms with van der Waals surface area (Å²) in [6.07, 6.45) is 1.85. The molecule has 5 nitrogen and oxygen atoms in total. The molecule has 1 aromatic heterocycles. The fraction of sp³-hybridized carbons (Fsp3) is 0.350. The molecule has 2 aromatic carbocycles. The third kappa shape index (κ3) is 4.18. The van der Waals surface area contributed by atoms with Crippen LogP contribution in [0.15, 0.2) is 57.8 Å². The molecular weight excluding hydrogens is 384 g/mol. The number of fused-ring (bicyclic) bond motifs is 1. The number of benzene rings is 2. The lowest BCUT2D eigenvalue weighted by molar-refractivity contribution is 0.210. The number of hydrogen-bond donors (Lipinski definition) is 0. The van der Waals surface area contributed by atoms with Gasteiger partial charge in [0.05, 0.1) is 10.6 Å². The molecule has 0 amide bonds. The predicted molar refractivity (Wildman–Crippen MR) is 106 cm³/mol. The van der Waals surface area contributed by atoms with E-state index in [2.05, 4.69) is 9.88 Å². The van der Waals surface area contributed by atoms with Gasteiger partial charge in [0.2, 0.25) is 0 Å². The summed E-state index contributed by atoms with van der Waals surface area (Å²) < 4.78 is 30.8. The average molecular weight is 405 g/mol. The minimum Gasteiger partial charge on any atom is -0.440 e. The van der Waals surface area contributed by atoms with Gasteiger partial charge in [-0.15, -0.1) is 0 Å². The lowest BCUT2D eigenvalue weighted by atomic mass is 9.97. The maximum absolute atomic E-state index is 12.5. The highest BCUT2D eigenvalue weighted by Gasteiger charge is 2.25. The molecule has 0 aliphatic carbocycles. The molecule has 0 spiro atoms. The standard InChI is InChI=1S/C20H21ClN2O3S/c21-16-5-7-17(8-6-16)27(24,25)14-13-23-11-9-15(10-12-23)20-22-18-3-1-2-4-19(18)26-20/h1-8,15H,9-14H2. The summed E-state index contributed by atoms with van der Waals surface area (Å²) in [6.45, 7) is 2.23. The number of para-hydroxylation sites is 2. The van der Waals surface area contributed by atoms with E-state index in [1.165, 1.54) is 0 Å². The summed E-state index contributed by atoms with van der Waals surface area (Å²) in [4.78, 5) is 7.13. The maximum atomic E-state index is 12.5. The van der Waals surface area contributed by atoms with Crippen LogP contribution in [0.4, 0.5) is 0 Å². The van der Waals surface area contributed by atoms with E-state index in [9.17, 15) is 8.42 Å². The maximum Gasteiger partial charge on any atom is 0.198 e. The van der Waals surface area contributed by atoms with Gasteiger partial charge in [-0.3, -0.25) is 0 Å². The lowest BCUT2D eigenvalue weighted by Gasteiger charge is -2.30. The van der Waals surface area contributed by atoms with Crippen molar-refractivity contribution < 1.29 is 12.8 Å². The van der Waals surface area contributed by atoms with E-state index < -0.39 is 9.84 Å². The van der Waals surface area contributed by atoms with E-state index in [4.69, 9.17) is 16.0 Å². The summed E-state index contributed by atoms with van der Waals surface area (Å²) in [5, 5.41) is 0.537. The van der Waals surface area contributed by atoms with Crippen LogP contribution in [-0.4, -0.2) is 43.7 Å². The van der Waals surface area contributed by atoms with E-state index in [-0.39, 0.29) is 5.75 Å². The first-order valence-electron chi connectivity index (χ1n) is 9.07. The van der Waals surface area contributed by atoms with Gasteiger partial charge in [0.15, 0.2) is 21.3 Å². The van der Waals surface area contributed by atoms with Gasteiger partial charge in [0.25, 0.3) is 0 Å². The highest BCUT2D eigenvalue weighted by atomic mass is 35.5. The molecular formula is C20H21ClN2O3S. The summed E-state index contributed by atoms with van der Waals surface area (Å²) in [6, 6.07) is 14.1. The zero-order valence-corrected chi connectivity index (χ0v) is 16.4. The second-order valence-corrected chi connectivity index (χ2v) is 9.45. The molecule has 1 fully saturated rings. The van der Waals surface area contributed by atoms with Crippen LogP contribution in [-0.2, 0) is 9.84 Å². The molecule has 0 radical (unpaired) electrons. The van der Waals surface area contributed by atoms with Crippen molar-refractivity contribution in [1.29, 1.82) is 0 Å². The molecule has 7 heteroatoms. The van der Waals surface area contributed by atoms with Crippen LogP contribution in [0.25, 0.3) is 11.1 Å². The van der Waals surface area contributed by atoms with Crippen LogP contribution >= 0.6 is 11.6 Å². The van der Waals surface area contributed by atoms with Crippen LogP contribution < -0.4 is 0 Å². The summed E-state index contributed by atoms with van der Waals surface area (Å²) in [5.74, 6) is 1.20. The van der Waals surface area contributed by atoms with Gasteiger partial charge in [0, 0.05) is 17.5 Å². The third-order valence-electron chi connectivity index (χ3n) is 5.10. The number of likely N-dealkylation sites (tertiary alicyclic amines) is 1. The number of oxazole rings is 1. The first kappa shape index (κ1) is 18.5. The predicted octanol–water partition coefficient (Wildman–Crippen LogP) is 4.13. The molecule has 142 valence electrons. The Kier molecular flexibility index (Phi) is 5.21. The van der Waals surface area contributed by atoms with Crippen LogP contribution in [0.2, 0.25) is 5.02 Å². The van der Waals surface area contributed by atoms with Crippen LogP contribution in [0.5, 0.6) is 0 Å². The van der Waals surface area contributed by atoms with Gasteiger partial charge in [-0.25, -0.2) is 13.4 Å². The fourth-order valence-corrected chi connectivity index (χ4v) is 4.89. The van der Waals surface area contributed by atoms with E-state index in [0.29, 0.717) is 22.4 Å². The molecule has 2 heterocycles. The second kappa shape index (κ2) is 7.62. The average Bonchev–Trinajstić information content (AvgIpc) is 3.11. The van der Waals surface area contributed by atoms with Crippen LogP contribution in [0.1, 0.15) is 24.7 Å².